The van der Waals surface area contributed by atoms with E-state index in [1.54, 1.807) is 0 Å². The fourth-order valence-corrected chi connectivity index (χ4v) is 1.89. The second kappa shape index (κ2) is 4.49. The van der Waals surface area contributed by atoms with Gasteiger partial charge >= 0.3 is 0 Å². The van der Waals surface area contributed by atoms with Gasteiger partial charge in [-0.2, -0.15) is 0 Å². The second-order valence-electron chi connectivity index (χ2n) is 4.91. The standard InChI is InChI=1S/C11H21N3O/c1-11(2-3-11)10(15)13-6-9-14-7-4-12-5-8-14/h12H,2-9H2,1H3,(H,13,15). The first-order valence-corrected chi connectivity index (χ1v) is 5.92. The number of hydrogen-bond acceptors (Lipinski definition) is 3. The molecule has 2 aliphatic rings. The maximum absolute atomic E-state index is 11.6. The van der Waals surface area contributed by atoms with Crippen LogP contribution in [0.3, 0.4) is 0 Å². The molecule has 1 heterocycles. The van der Waals surface area contributed by atoms with Crippen molar-refractivity contribution in [2.45, 2.75) is 19.8 Å². The van der Waals surface area contributed by atoms with E-state index >= 15 is 0 Å². The normalized spacial score (nSPS) is 24.9. The summed E-state index contributed by atoms with van der Waals surface area (Å²) in [5.74, 6) is 0.248. The van der Waals surface area contributed by atoms with E-state index in [1.165, 1.54) is 0 Å². The molecule has 1 amide bonds. The van der Waals surface area contributed by atoms with Crippen LogP contribution >= 0.6 is 0 Å². The highest BCUT2D eigenvalue weighted by molar-refractivity contribution is 5.84. The third kappa shape index (κ3) is 2.92. The summed E-state index contributed by atoms with van der Waals surface area (Å²) in [4.78, 5) is 14.0. The van der Waals surface area contributed by atoms with Crippen LogP contribution in [0, 0.1) is 5.41 Å². The lowest BCUT2D eigenvalue weighted by Crippen LogP contribution is -2.46. The van der Waals surface area contributed by atoms with Gasteiger partial charge in [0.1, 0.15) is 0 Å². The third-order valence-corrected chi connectivity index (χ3v) is 3.47. The Kier molecular flexibility index (Phi) is 3.26. The first-order valence-electron chi connectivity index (χ1n) is 5.92. The lowest BCUT2D eigenvalue weighted by Gasteiger charge is -2.27. The van der Waals surface area contributed by atoms with Crippen LogP contribution in [0.15, 0.2) is 0 Å². The summed E-state index contributed by atoms with van der Waals surface area (Å²) in [6, 6.07) is 0. The summed E-state index contributed by atoms with van der Waals surface area (Å²) in [7, 11) is 0. The Bertz CT molecular complexity index is 232. The Morgan fingerprint density at radius 3 is 2.67 bits per heavy atom. The minimum absolute atomic E-state index is 0.0244. The van der Waals surface area contributed by atoms with E-state index in [0.29, 0.717) is 0 Å². The van der Waals surface area contributed by atoms with Gasteiger partial charge in [0.2, 0.25) is 5.91 Å². The number of piperazine rings is 1. The van der Waals surface area contributed by atoms with E-state index < -0.39 is 0 Å². The van der Waals surface area contributed by atoms with Gasteiger partial charge in [-0.15, -0.1) is 0 Å². The molecule has 0 spiro atoms. The zero-order valence-electron chi connectivity index (χ0n) is 9.51. The van der Waals surface area contributed by atoms with Crippen LogP contribution in [-0.2, 0) is 4.79 Å². The molecule has 2 rings (SSSR count). The van der Waals surface area contributed by atoms with Crippen molar-refractivity contribution in [3.05, 3.63) is 0 Å². The zero-order valence-corrected chi connectivity index (χ0v) is 9.51. The Hall–Kier alpha value is -0.610. The largest absolute Gasteiger partial charge is 0.354 e. The van der Waals surface area contributed by atoms with Gasteiger partial charge in [-0.1, -0.05) is 6.92 Å². The van der Waals surface area contributed by atoms with Crippen LogP contribution in [0.4, 0.5) is 0 Å². The summed E-state index contributed by atoms with van der Waals surface area (Å²) >= 11 is 0. The molecule has 2 N–H and O–H groups in total. The molecule has 2 fully saturated rings. The van der Waals surface area contributed by atoms with Crippen LogP contribution in [0.5, 0.6) is 0 Å². The van der Waals surface area contributed by atoms with Crippen molar-refractivity contribution in [2.75, 3.05) is 39.3 Å². The third-order valence-electron chi connectivity index (χ3n) is 3.47. The van der Waals surface area contributed by atoms with Crippen molar-refractivity contribution in [1.82, 2.24) is 15.5 Å². The summed E-state index contributed by atoms with van der Waals surface area (Å²) in [6.45, 7) is 8.20. The molecule has 1 aliphatic heterocycles. The topological polar surface area (TPSA) is 44.4 Å². The Labute approximate surface area is 91.4 Å². The van der Waals surface area contributed by atoms with Crippen LogP contribution in [0.2, 0.25) is 0 Å². The SMILES string of the molecule is CC1(C(=O)NCCN2CCNCC2)CC1. The number of carbonyl (C=O) groups is 1. The maximum atomic E-state index is 11.6. The van der Waals surface area contributed by atoms with E-state index in [4.69, 9.17) is 0 Å². The molecule has 15 heavy (non-hydrogen) atoms. The first-order chi connectivity index (χ1) is 7.21. The van der Waals surface area contributed by atoms with Gasteiger partial charge in [-0.25, -0.2) is 0 Å². The molecule has 0 radical (unpaired) electrons. The van der Waals surface area contributed by atoms with Crippen LogP contribution < -0.4 is 10.6 Å². The molecular weight excluding hydrogens is 190 g/mol. The molecule has 86 valence electrons. The Balaban J connectivity index is 1.59. The quantitative estimate of drug-likeness (QED) is 0.677. The molecule has 1 saturated heterocycles. The van der Waals surface area contributed by atoms with Crippen molar-refractivity contribution in [3.8, 4) is 0 Å². The lowest BCUT2D eigenvalue weighted by molar-refractivity contribution is -0.125. The summed E-state index contributed by atoms with van der Waals surface area (Å²) in [6.07, 6.45) is 2.12. The molecule has 0 unspecified atom stereocenters. The predicted molar refractivity (Wildman–Crippen MR) is 59.7 cm³/mol. The summed E-state index contributed by atoms with van der Waals surface area (Å²) < 4.78 is 0. The summed E-state index contributed by atoms with van der Waals surface area (Å²) in [5.41, 5.74) is -0.0244. The van der Waals surface area contributed by atoms with Crippen molar-refractivity contribution in [3.63, 3.8) is 0 Å². The molecule has 0 bridgehead atoms. The molecule has 4 heteroatoms. The molecular formula is C11H21N3O. The lowest BCUT2D eigenvalue weighted by atomic mass is 10.1. The van der Waals surface area contributed by atoms with Crippen LogP contribution in [0.25, 0.3) is 0 Å². The maximum Gasteiger partial charge on any atom is 0.225 e. The van der Waals surface area contributed by atoms with Crippen molar-refractivity contribution in [1.29, 1.82) is 0 Å². The minimum Gasteiger partial charge on any atom is -0.354 e. The number of hydrogen-bond donors (Lipinski definition) is 2. The zero-order chi connectivity index (χ0) is 10.7. The van der Waals surface area contributed by atoms with E-state index in [2.05, 4.69) is 15.5 Å². The van der Waals surface area contributed by atoms with E-state index in [9.17, 15) is 4.79 Å². The van der Waals surface area contributed by atoms with Crippen LogP contribution in [0.1, 0.15) is 19.8 Å². The average molecular weight is 211 g/mol. The van der Waals surface area contributed by atoms with Gasteiger partial charge in [0.15, 0.2) is 0 Å². The van der Waals surface area contributed by atoms with E-state index in [-0.39, 0.29) is 11.3 Å². The van der Waals surface area contributed by atoms with Crippen LogP contribution in [-0.4, -0.2) is 50.1 Å². The minimum atomic E-state index is -0.0244. The molecule has 1 aliphatic carbocycles. The number of amides is 1. The van der Waals surface area contributed by atoms with Crippen molar-refractivity contribution >= 4 is 5.91 Å². The number of rotatable bonds is 4. The predicted octanol–water partition coefficient (Wildman–Crippen LogP) is -0.192. The fourth-order valence-electron chi connectivity index (χ4n) is 1.89. The van der Waals surface area contributed by atoms with Gasteiger partial charge in [-0.3, -0.25) is 9.69 Å². The highest BCUT2D eigenvalue weighted by Crippen LogP contribution is 2.44. The second-order valence-corrected chi connectivity index (χ2v) is 4.91. The fraction of sp³-hybridized carbons (Fsp3) is 0.909. The molecule has 4 nitrogen and oxygen atoms in total. The summed E-state index contributed by atoms with van der Waals surface area (Å²) in [5, 5.41) is 6.35. The van der Waals surface area contributed by atoms with Crippen molar-refractivity contribution < 1.29 is 4.79 Å². The highest BCUT2D eigenvalue weighted by Gasteiger charge is 2.44. The molecule has 1 saturated carbocycles. The van der Waals surface area contributed by atoms with Gasteiger partial charge in [-0.05, 0) is 12.8 Å². The highest BCUT2D eigenvalue weighted by atomic mass is 16.2. The van der Waals surface area contributed by atoms with Gasteiger partial charge in [0, 0.05) is 44.7 Å². The number of nitrogens with one attached hydrogen (secondary N) is 2. The van der Waals surface area contributed by atoms with E-state index in [1.807, 2.05) is 6.92 Å². The van der Waals surface area contributed by atoms with Crippen molar-refractivity contribution in [2.24, 2.45) is 5.41 Å². The molecule has 0 aromatic heterocycles. The first kappa shape index (κ1) is 10.9. The van der Waals surface area contributed by atoms with Gasteiger partial charge in [0.25, 0.3) is 0 Å². The number of nitrogens with zero attached hydrogens (tertiary/aromatic N) is 1. The van der Waals surface area contributed by atoms with Gasteiger partial charge < -0.3 is 10.6 Å². The molecule has 0 atom stereocenters. The average Bonchev–Trinajstić information content (AvgIpc) is 2.99. The molecule has 0 aromatic rings. The van der Waals surface area contributed by atoms with Gasteiger partial charge in [0.05, 0.1) is 0 Å². The smallest absolute Gasteiger partial charge is 0.225 e. The molecule has 0 aromatic carbocycles. The Morgan fingerprint density at radius 2 is 2.07 bits per heavy atom. The van der Waals surface area contributed by atoms with E-state index in [0.717, 1.165) is 52.1 Å². The number of carbonyl (C=O) groups excluding carboxylic acids is 1. The monoisotopic (exact) mass is 211 g/mol. The Morgan fingerprint density at radius 1 is 1.40 bits per heavy atom.